The quantitative estimate of drug-likeness (QED) is 0.866. The van der Waals surface area contributed by atoms with E-state index in [0.29, 0.717) is 10.0 Å². The molecule has 0 aliphatic carbocycles. The van der Waals surface area contributed by atoms with Crippen LogP contribution in [0.4, 0.5) is 5.69 Å². The lowest BCUT2D eigenvalue weighted by Gasteiger charge is -2.11. The molecule has 1 heterocycles. The minimum Gasteiger partial charge on any atom is -0.385 e. The molecule has 0 saturated heterocycles. The van der Waals surface area contributed by atoms with Crippen LogP contribution in [0.3, 0.4) is 0 Å². The lowest BCUT2D eigenvalue weighted by Crippen LogP contribution is -1.98. The summed E-state index contributed by atoms with van der Waals surface area (Å²) in [5, 5.41) is 5.51. The molecule has 2 rings (SSSR count). The number of anilines is 1. The Bertz CT molecular complexity index is 538. The molecule has 4 heteroatoms. The molecule has 0 radical (unpaired) electrons. The van der Waals surface area contributed by atoms with Gasteiger partial charge in [-0.15, -0.1) is 0 Å². The van der Waals surface area contributed by atoms with Crippen molar-refractivity contribution >= 4 is 39.8 Å². The van der Waals surface area contributed by atoms with Crippen molar-refractivity contribution in [3.8, 4) is 0 Å². The predicted molar refractivity (Wildman–Crippen MR) is 70.7 cm³/mol. The largest absolute Gasteiger partial charge is 0.385 e. The smallest absolute Gasteiger partial charge is 0.0924 e. The van der Waals surface area contributed by atoms with Crippen LogP contribution in [0, 0.1) is 6.92 Å². The number of rotatable bonds is 2. The normalized spacial score (nSPS) is 10.8. The maximum atomic E-state index is 6.30. The Morgan fingerprint density at radius 2 is 2.12 bits per heavy atom. The number of hydrogen-bond acceptors (Lipinski definition) is 2. The van der Waals surface area contributed by atoms with Crippen molar-refractivity contribution in [3.63, 3.8) is 0 Å². The first-order valence-corrected chi connectivity index (χ1v) is 5.88. The van der Waals surface area contributed by atoms with Gasteiger partial charge in [-0.3, -0.25) is 4.98 Å². The number of nitrogens with zero attached hydrogens (tertiary/aromatic N) is 1. The van der Waals surface area contributed by atoms with Crippen LogP contribution in [0.25, 0.3) is 10.9 Å². The summed E-state index contributed by atoms with van der Waals surface area (Å²) in [6.45, 7) is 4.81. The van der Waals surface area contributed by atoms with Crippen LogP contribution in [0.1, 0.15) is 12.5 Å². The van der Waals surface area contributed by atoms with E-state index in [1.54, 1.807) is 6.20 Å². The maximum Gasteiger partial charge on any atom is 0.0924 e. The Labute approximate surface area is 105 Å². The van der Waals surface area contributed by atoms with E-state index in [1.807, 2.05) is 26.0 Å². The summed E-state index contributed by atoms with van der Waals surface area (Å²) < 4.78 is 0. The fourth-order valence-corrected chi connectivity index (χ4v) is 2.27. The average molecular weight is 255 g/mol. The van der Waals surface area contributed by atoms with E-state index < -0.39 is 0 Å². The Morgan fingerprint density at radius 3 is 2.81 bits per heavy atom. The monoisotopic (exact) mass is 254 g/mol. The van der Waals surface area contributed by atoms with E-state index in [2.05, 4.69) is 10.3 Å². The van der Waals surface area contributed by atoms with E-state index in [9.17, 15) is 0 Å². The first kappa shape index (κ1) is 11.5. The number of fused-ring (bicyclic) bond motifs is 1. The lowest BCUT2D eigenvalue weighted by atomic mass is 10.1. The molecule has 1 N–H and O–H groups in total. The molecular formula is C12H12Cl2N2. The summed E-state index contributed by atoms with van der Waals surface area (Å²) in [7, 11) is 0. The summed E-state index contributed by atoms with van der Waals surface area (Å²) in [6.07, 6.45) is 1.73. The highest BCUT2D eigenvalue weighted by Gasteiger charge is 2.11. The lowest BCUT2D eigenvalue weighted by molar-refractivity contribution is 1.21. The van der Waals surface area contributed by atoms with Gasteiger partial charge in [-0.25, -0.2) is 0 Å². The van der Waals surface area contributed by atoms with Gasteiger partial charge in [-0.2, -0.15) is 0 Å². The molecule has 0 spiro atoms. The van der Waals surface area contributed by atoms with Gasteiger partial charge in [0.1, 0.15) is 0 Å². The Balaban J connectivity index is 2.84. The van der Waals surface area contributed by atoms with Crippen LogP contribution in [0.5, 0.6) is 0 Å². The first-order valence-electron chi connectivity index (χ1n) is 5.12. The minimum atomic E-state index is 0.636. The standard InChI is InChI=1S/C12H12Cl2N2/c1-3-15-9-4-5-16-12-8(13)6-7(2)11(14)10(9)12/h4-6H,3H2,1-2H3,(H,15,16). The van der Waals surface area contributed by atoms with E-state index in [4.69, 9.17) is 23.2 Å². The van der Waals surface area contributed by atoms with Crippen molar-refractivity contribution in [2.45, 2.75) is 13.8 Å². The van der Waals surface area contributed by atoms with Gasteiger partial charge >= 0.3 is 0 Å². The molecule has 16 heavy (non-hydrogen) atoms. The predicted octanol–water partition coefficient (Wildman–Crippen LogP) is 4.28. The van der Waals surface area contributed by atoms with Crippen LogP contribution in [0.2, 0.25) is 10.0 Å². The second-order valence-corrected chi connectivity index (χ2v) is 4.39. The van der Waals surface area contributed by atoms with Gasteiger partial charge in [-0.05, 0) is 31.5 Å². The molecule has 0 atom stereocenters. The molecule has 0 unspecified atom stereocenters. The molecule has 1 aromatic heterocycles. The van der Waals surface area contributed by atoms with Crippen molar-refractivity contribution in [2.24, 2.45) is 0 Å². The topological polar surface area (TPSA) is 24.9 Å². The molecule has 0 bridgehead atoms. The van der Waals surface area contributed by atoms with Crippen LogP contribution in [0.15, 0.2) is 18.3 Å². The summed E-state index contributed by atoms with van der Waals surface area (Å²) >= 11 is 12.5. The molecule has 0 fully saturated rings. The van der Waals surface area contributed by atoms with Gasteiger partial charge in [0.15, 0.2) is 0 Å². The fourth-order valence-electron chi connectivity index (χ4n) is 1.72. The highest BCUT2D eigenvalue weighted by atomic mass is 35.5. The first-order chi connectivity index (χ1) is 7.65. The second-order valence-electron chi connectivity index (χ2n) is 3.60. The fraction of sp³-hybridized carbons (Fsp3) is 0.250. The van der Waals surface area contributed by atoms with E-state index in [0.717, 1.165) is 28.7 Å². The highest BCUT2D eigenvalue weighted by molar-refractivity contribution is 6.41. The van der Waals surface area contributed by atoms with Crippen molar-refractivity contribution in [1.82, 2.24) is 4.98 Å². The number of aryl methyl sites for hydroxylation is 1. The second kappa shape index (κ2) is 4.48. The molecule has 0 amide bonds. The number of hydrogen-bond donors (Lipinski definition) is 1. The number of pyridine rings is 1. The summed E-state index contributed by atoms with van der Waals surface area (Å²) in [4.78, 5) is 4.27. The third-order valence-electron chi connectivity index (χ3n) is 2.45. The van der Waals surface area contributed by atoms with Crippen molar-refractivity contribution < 1.29 is 0 Å². The highest BCUT2D eigenvalue weighted by Crippen LogP contribution is 2.35. The van der Waals surface area contributed by atoms with Crippen LogP contribution in [-0.4, -0.2) is 11.5 Å². The van der Waals surface area contributed by atoms with Crippen molar-refractivity contribution in [1.29, 1.82) is 0 Å². The van der Waals surface area contributed by atoms with Gasteiger partial charge in [-0.1, -0.05) is 23.2 Å². The van der Waals surface area contributed by atoms with Gasteiger partial charge in [0.05, 0.1) is 15.6 Å². The van der Waals surface area contributed by atoms with E-state index >= 15 is 0 Å². The zero-order valence-electron chi connectivity index (χ0n) is 9.14. The zero-order valence-corrected chi connectivity index (χ0v) is 10.7. The third-order valence-corrected chi connectivity index (χ3v) is 3.23. The molecular weight excluding hydrogens is 243 g/mol. The van der Waals surface area contributed by atoms with Crippen LogP contribution in [-0.2, 0) is 0 Å². The molecule has 1 aromatic carbocycles. The molecule has 84 valence electrons. The Morgan fingerprint density at radius 1 is 1.38 bits per heavy atom. The number of halogens is 2. The van der Waals surface area contributed by atoms with Gasteiger partial charge in [0.2, 0.25) is 0 Å². The molecule has 2 nitrogen and oxygen atoms in total. The minimum absolute atomic E-state index is 0.636. The molecule has 2 aromatic rings. The summed E-state index contributed by atoms with van der Waals surface area (Å²) in [6, 6.07) is 3.75. The van der Waals surface area contributed by atoms with E-state index in [-0.39, 0.29) is 0 Å². The van der Waals surface area contributed by atoms with Gasteiger partial charge in [0, 0.05) is 23.8 Å². The SMILES string of the molecule is CCNc1ccnc2c(Cl)cc(C)c(Cl)c12. The Hall–Kier alpha value is -0.990. The third kappa shape index (κ3) is 1.83. The number of nitrogens with one attached hydrogen (secondary N) is 1. The number of aromatic nitrogens is 1. The number of benzene rings is 1. The zero-order chi connectivity index (χ0) is 11.7. The van der Waals surface area contributed by atoms with Crippen LogP contribution >= 0.6 is 23.2 Å². The summed E-state index contributed by atoms with van der Waals surface area (Å²) in [5.41, 5.74) is 2.69. The van der Waals surface area contributed by atoms with Gasteiger partial charge in [0.25, 0.3) is 0 Å². The molecule has 0 saturated carbocycles. The van der Waals surface area contributed by atoms with Crippen molar-refractivity contribution in [2.75, 3.05) is 11.9 Å². The van der Waals surface area contributed by atoms with Crippen molar-refractivity contribution in [3.05, 3.63) is 33.9 Å². The van der Waals surface area contributed by atoms with Crippen LogP contribution < -0.4 is 5.32 Å². The summed E-state index contributed by atoms with van der Waals surface area (Å²) in [5.74, 6) is 0. The molecule has 0 aliphatic heterocycles. The average Bonchev–Trinajstić information content (AvgIpc) is 2.26. The van der Waals surface area contributed by atoms with E-state index in [1.165, 1.54) is 0 Å². The van der Waals surface area contributed by atoms with Gasteiger partial charge < -0.3 is 5.32 Å². The molecule has 0 aliphatic rings. The Kier molecular flexibility index (Phi) is 3.22. The maximum absolute atomic E-state index is 6.30.